The molecule has 1 N–H and O–H groups in total. The van der Waals surface area contributed by atoms with E-state index in [1.54, 1.807) is 6.07 Å². The standard InChI is InChI=1S/C13H20ClN3O/c1-9(2)17-8-11(14)6-12(17)13(18)16-5-4-15-10(3)7-16/h6,8-10,15H,4-5,7H2,1-3H3/t10-/m1/s1. The Morgan fingerprint density at radius 1 is 1.56 bits per heavy atom. The average Bonchev–Trinajstić information content (AvgIpc) is 2.70. The molecule has 1 amide bonds. The minimum Gasteiger partial charge on any atom is -0.339 e. The summed E-state index contributed by atoms with van der Waals surface area (Å²) >= 11 is 6.02. The van der Waals surface area contributed by atoms with Gasteiger partial charge in [0.2, 0.25) is 0 Å². The summed E-state index contributed by atoms with van der Waals surface area (Å²) < 4.78 is 1.94. The Morgan fingerprint density at radius 3 is 2.89 bits per heavy atom. The van der Waals surface area contributed by atoms with Crippen LogP contribution in [0.2, 0.25) is 5.02 Å². The maximum Gasteiger partial charge on any atom is 0.270 e. The van der Waals surface area contributed by atoms with Gasteiger partial charge in [-0.25, -0.2) is 0 Å². The Bertz CT molecular complexity index is 441. The predicted octanol–water partition coefficient (Wildman–Crippen LogP) is 2.16. The van der Waals surface area contributed by atoms with Crippen molar-refractivity contribution in [2.24, 2.45) is 0 Å². The summed E-state index contributed by atoms with van der Waals surface area (Å²) in [6, 6.07) is 2.34. The smallest absolute Gasteiger partial charge is 0.270 e. The maximum absolute atomic E-state index is 12.5. The molecule has 100 valence electrons. The molecule has 0 radical (unpaired) electrons. The number of piperazine rings is 1. The van der Waals surface area contributed by atoms with Crippen LogP contribution in [0.25, 0.3) is 0 Å². The molecule has 0 spiro atoms. The van der Waals surface area contributed by atoms with Gasteiger partial charge in [0.05, 0.1) is 5.02 Å². The molecule has 4 nitrogen and oxygen atoms in total. The van der Waals surface area contributed by atoms with Crippen LogP contribution >= 0.6 is 11.6 Å². The van der Waals surface area contributed by atoms with E-state index >= 15 is 0 Å². The molecule has 0 saturated carbocycles. The van der Waals surface area contributed by atoms with E-state index < -0.39 is 0 Å². The van der Waals surface area contributed by atoms with Crippen molar-refractivity contribution in [1.82, 2.24) is 14.8 Å². The Labute approximate surface area is 113 Å². The summed E-state index contributed by atoms with van der Waals surface area (Å²) in [7, 11) is 0. The minimum absolute atomic E-state index is 0.0731. The molecule has 0 aliphatic carbocycles. The van der Waals surface area contributed by atoms with Gasteiger partial charge in [-0.3, -0.25) is 4.79 Å². The SMILES string of the molecule is CC(C)n1cc(Cl)cc1C(=O)N1CCN[C@H](C)C1. The van der Waals surface area contributed by atoms with Crippen molar-refractivity contribution in [2.45, 2.75) is 32.9 Å². The summed E-state index contributed by atoms with van der Waals surface area (Å²) in [5.74, 6) is 0.0731. The summed E-state index contributed by atoms with van der Waals surface area (Å²) in [5, 5.41) is 3.95. The molecule has 0 bridgehead atoms. The maximum atomic E-state index is 12.5. The molecule has 18 heavy (non-hydrogen) atoms. The second-order valence-corrected chi connectivity index (χ2v) is 5.59. The zero-order chi connectivity index (χ0) is 13.3. The highest BCUT2D eigenvalue weighted by atomic mass is 35.5. The lowest BCUT2D eigenvalue weighted by Gasteiger charge is -2.32. The molecule has 1 aromatic heterocycles. The van der Waals surface area contributed by atoms with Crippen LogP contribution in [-0.4, -0.2) is 41.1 Å². The fourth-order valence-corrected chi connectivity index (χ4v) is 2.53. The van der Waals surface area contributed by atoms with Crippen LogP contribution in [-0.2, 0) is 0 Å². The number of amides is 1. The Morgan fingerprint density at radius 2 is 2.28 bits per heavy atom. The van der Waals surface area contributed by atoms with Crippen molar-refractivity contribution >= 4 is 17.5 Å². The van der Waals surface area contributed by atoms with E-state index in [4.69, 9.17) is 11.6 Å². The van der Waals surface area contributed by atoms with Crippen LogP contribution in [0.1, 0.15) is 37.3 Å². The lowest BCUT2D eigenvalue weighted by Crippen LogP contribution is -2.51. The molecule has 1 aromatic rings. The van der Waals surface area contributed by atoms with Crippen LogP contribution in [0.15, 0.2) is 12.3 Å². The Hall–Kier alpha value is -1.00. The molecule has 1 atom stereocenters. The van der Waals surface area contributed by atoms with Crippen molar-refractivity contribution in [3.05, 3.63) is 23.0 Å². The third kappa shape index (κ3) is 2.70. The number of halogens is 1. The molecule has 1 aliphatic heterocycles. The highest BCUT2D eigenvalue weighted by molar-refractivity contribution is 6.31. The number of rotatable bonds is 2. The number of hydrogen-bond acceptors (Lipinski definition) is 2. The second-order valence-electron chi connectivity index (χ2n) is 5.15. The van der Waals surface area contributed by atoms with Crippen molar-refractivity contribution in [3.8, 4) is 0 Å². The molecule has 0 aromatic carbocycles. The summed E-state index contributed by atoms with van der Waals surface area (Å²) in [6.45, 7) is 8.54. The number of hydrogen-bond donors (Lipinski definition) is 1. The third-order valence-electron chi connectivity index (χ3n) is 3.25. The van der Waals surface area contributed by atoms with Gasteiger partial charge < -0.3 is 14.8 Å². The fourth-order valence-electron chi connectivity index (χ4n) is 2.32. The van der Waals surface area contributed by atoms with Gasteiger partial charge in [-0.1, -0.05) is 11.6 Å². The normalized spacial score (nSPS) is 20.5. The molecule has 1 saturated heterocycles. The predicted molar refractivity (Wildman–Crippen MR) is 73.2 cm³/mol. The van der Waals surface area contributed by atoms with E-state index in [0.717, 1.165) is 19.6 Å². The zero-order valence-electron chi connectivity index (χ0n) is 11.1. The van der Waals surface area contributed by atoms with E-state index in [1.807, 2.05) is 29.5 Å². The van der Waals surface area contributed by atoms with E-state index in [-0.39, 0.29) is 11.9 Å². The summed E-state index contributed by atoms with van der Waals surface area (Å²) in [5.41, 5.74) is 0.684. The number of nitrogens with zero attached hydrogens (tertiary/aromatic N) is 2. The van der Waals surface area contributed by atoms with Gasteiger partial charge in [-0.05, 0) is 26.8 Å². The molecule has 2 rings (SSSR count). The number of carbonyl (C=O) groups excluding carboxylic acids is 1. The topological polar surface area (TPSA) is 37.3 Å². The first-order chi connectivity index (χ1) is 8.49. The van der Waals surface area contributed by atoms with Crippen LogP contribution < -0.4 is 5.32 Å². The lowest BCUT2D eigenvalue weighted by molar-refractivity contribution is 0.0696. The van der Waals surface area contributed by atoms with Gasteiger partial charge in [0, 0.05) is 37.9 Å². The minimum atomic E-state index is 0.0731. The molecule has 1 aliphatic rings. The van der Waals surface area contributed by atoms with Gasteiger partial charge in [-0.15, -0.1) is 0 Å². The molecule has 0 unspecified atom stereocenters. The summed E-state index contributed by atoms with van der Waals surface area (Å²) in [4.78, 5) is 14.4. The first-order valence-corrected chi connectivity index (χ1v) is 6.77. The van der Waals surface area contributed by atoms with Crippen molar-refractivity contribution in [3.63, 3.8) is 0 Å². The highest BCUT2D eigenvalue weighted by Gasteiger charge is 2.24. The number of nitrogens with one attached hydrogen (secondary N) is 1. The monoisotopic (exact) mass is 269 g/mol. The van der Waals surface area contributed by atoms with Crippen LogP contribution in [0.4, 0.5) is 0 Å². The van der Waals surface area contributed by atoms with E-state index in [9.17, 15) is 4.79 Å². The molecule has 1 fully saturated rings. The van der Waals surface area contributed by atoms with Crippen molar-refractivity contribution < 1.29 is 4.79 Å². The quantitative estimate of drug-likeness (QED) is 0.893. The fraction of sp³-hybridized carbons (Fsp3) is 0.615. The van der Waals surface area contributed by atoms with E-state index in [2.05, 4.69) is 12.2 Å². The average molecular weight is 270 g/mol. The number of aromatic nitrogens is 1. The molecular formula is C13H20ClN3O. The van der Waals surface area contributed by atoms with E-state index in [1.165, 1.54) is 0 Å². The van der Waals surface area contributed by atoms with Gasteiger partial charge in [0.1, 0.15) is 5.69 Å². The molecule has 5 heteroatoms. The van der Waals surface area contributed by atoms with E-state index in [0.29, 0.717) is 16.8 Å². The largest absolute Gasteiger partial charge is 0.339 e. The van der Waals surface area contributed by atoms with Crippen LogP contribution in [0, 0.1) is 0 Å². The Kier molecular flexibility index (Phi) is 3.97. The van der Waals surface area contributed by atoms with Gasteiger partial charge >= 0.3 is 0 Å². The Balaban J connectivity index is 2.22. The van der Waals surface area contributed by atoms with Gasteiger partial charge in [0.15, 0.2) is 0 Å². The molecular weight excluding hydrogens is 250 g/mol. The summed E-state index contributed by atoms with van der Waals surface area (Å²) in [6.07, 6.45) is 1.82. The zero-order valence-corrected chi connectivity index (χ0v) is 11.9. The van der Waals surface area contributed by atoms with Crippen molar-refractivity contribution in [1.29, 1.82) is 0 Å². The first-order valence-electron chi connectivity index (χ1n) is 6.39. The van der Waals surface area contributed by atoms with Gasteiger partial charge in [-0.2, -0.15) is 0 Å². The second kappa shape index (κ2) is 5.33. The third-order valence-corrected chi connectivity index (χ3v) is 3.45. The van der Waals surface area contributed by atoms with Gasteiger partial charge in [0.25, 0.3) is 5.91 Å². The number of carbonyl (C=O) groups is 1. The van der Waals surface area contributed by atoms with Crippen molar-refractivity contribution in [2.75, 3.05) is 19.6 Å². The highest BCUT2D eigenvalue weighted by Crippen LogP contribution is 2.20. The van der Waals surface area contributed by atoms with Crippen LogP contribution in [0.5, 0.6) is 0 Å². The van der Waals surface area contributed by atoms with Crippen LogP contribution in [0.3, 0.4) is 0 Å². The lowest BCUT2D eigenvalue weighted by atomic mass is 10.2. The molecule has 2 heterocycles. The first kappa shape index (κ1) is 13.4.